The first-order chi connectivity index (χ1) is 9.19. The van der Waals surface area contributed by atoms with Gasteiger partial charge in [-0.25, -0.2) is 0 Å². The topological polar surface area (TPSA) is 64.4 Å². The number of hydrogen-bond acceptors (Lipinski definition) is 4. The lowest BCUT2D eigenvalue weighted by Gasteiger charge is -2.41. The fraction of sp³-hybridized carbons (Fsp3) is 0.429. The van der Waals surface area contributed by atoms with Crippen molar-refractivity contribution in [1.82, 2.24) is 0 Å². The number of ether oxygens (including phenoxy) is 1. The number of nitro benzene ring substituents is 1. The Morgan fingerprint density at radius 3 is 3.00 bits per heavy atom. The Balaban J connectivity index is 1.76. The predicted molar refractivity (Wildman–Crippen MR) is 72.4 cm³/mol. The maximum Gasteiger partial charge on any atom is 0.312 e. The van der Waals surface area contributed by atoms with Crippen LogP contribution in [0.1, 0.15) is 12.8 Å². The van der Waals surface area contributed by atoms with Gasteiger partial charge in [0, 0.05) is 23.7 Å². The average Bonchev–Trinajstić information content (AvgIpc) is 2.77. The Morgan fingerprint density at radius 1 is 1.47 bits per heavy atom. The summed E-state index contributed by atoms with van der Waals surface area (Å²) in [5, 5.41) is 14.4. The highest BCUT2D eigenvalue weighted by Crippen LogP contribution is 2.44. The van der Waals surface area contributed by atoms with Crippen molar-refractivity contribution in [2.24, 2.45) is 11.8 Å². The first kappa shape index (κ1) is 12.0. The Morgan fingerprint density at radius 2 is 2.32 bits per heavy atom. The molecule has 3 atom stereocenters. The summed E-state index contributed by atoms with van der Waals surface area (Å²) in [6.07, 6.45) is 6.79. The van der Waals surface area contributed by atoms with Crippen LogP contribution in [0.2, 0.25) is 0 Å². The van der Waals surface area contributed by atoms with Gasteiger partial charge in [-0.2, -0.15) is 0 Å². The van der Waals surface area contributed by atoms with Crippen LogP contribution in [0.4, 0.5) is 11.4 Å². The number of benzene rings is 1. The van der Waals surface area contributed by atoms with Gasteiger partial charge in [0.1, 0.15) is 0 Å². The lowest BCUT2D eigenvalue weighted by molar-refractivity contribution is -0.385. The molecule has 2 aliphatic rings. The molecule has 0 aliphatic heterocycles. The molecule has 5 heteroatoms. The van der Waals surface area contributed by atoms with Gasteiger partial charge in [0.25, 0.3) is 0 Å². The molecule has 0 heterocycles. The lowest BCUT2D eigenvalue weighted by Crippen LogP contribution is -2.43. The summed E-state index contributed by atoms with van der Waals surface area (Å²) >= 11 is 0. The highest BCUT2D eigenvalue weighted by molar-refractivity contribution is 5.59. The highest BCUT2D eigenvalue weighted by atomic mass is 16.6. The second-order valence-electron chi connectivity index (χ2n) is 5.13. The zero-order valence-corrected chi connectivity index (χ0v) is 10.7. The smallest absolute Gasteiger partial charge is 0.312 e. The van der Waals surface area contributed by atoms with Gasteiger partial charge < -0.3 is 10.1 Å². The molecule has 19 heavy (non-hydrogen) atoms. The minimum absolute atomic E-state index is 0.00494. The molecule has 0 bridgehead atoms. The van der Waals surface area contributed by atoms with E-state index >= 15 is 0 Å². The van der Waals surface area contributed by atoms with Gasteiger partial charge in [-0.15, -0.1) is 0 Å². The third kappa shape index (κ3) is 2.05. The number of anilines is 1. The van der Waals surface area contributed by atoms with Crippen LogP contribution in [0.3, 0.4) is 0 Å². The Labute approximate surface area is 111 Å². The number of nitrogens with zero attached hydrogens (tertiary/aromatic N) is 1. The van der Waals surface area contributed by atoms with Crippen molar-refractivity contribution in [3.8, 4) is 5.75 Å². The van der Waals surface area contributed by atoms with Crippen LogP contribution in [0.25, 0.3) is 0 Å². The first-order valence-corrected chi connectivity index (χ1v) is 6.44. The molecule has 1 aromatic carbocycles. The van der Waals surface area contributed by atoms with Crippen LogP contribution in [-0.4, -0.2) is 18.1 Å². The number of rotatable bonds is 4. The fourth-order valence-corrected chi connectivity index (χ4v) is 3.02. The average molecular weight is 260 g/mol. The maximum absolute atomic E-state index is 11.0. The van der Waals surface area contributed by atoms with Crippen LogP contribution < -0.4 is 10.1 Å². The van der Waals surface area contributed by atoms with Crippen LogP contribution in [0.5, 0.6) is 5.75 Å². The molecule has 3 unspecified atom stereocenters. The summed E-state index contributed by atoms with van der Waals surface area (Å²) in [5.74, 6) is 1.65. The summed E-state index contributed by atoms with van der Waals surface area (Å²) in [7, 11) is 1.44. The van der Waals surface area contributed by atoms with Crippen LogP contribution in [0.15, 0.2) is 30.4 Å². The molecule has 1 fully saturated rings. The quantitative estimate of drug-likeness (QED) is 0.513. The molecule has 3 rings (SSSR count). The Hall–Kier alpha value is -2.04. The summed E-state index contributed by atoms with van der Waals surface area (Å²) in [6, 6.07) is 5.42. The van der Waals surface area contributed by atoms with E-state index < -0.39 is 4.92 Å². The largest absolute Gasteiger partial charge is 0.490 e. The Bertz CT molecular complexity index is 541. The second-order valence-corrected chi connectivity index (χ2v) is 5.13. The predicted octanol–water partition coefficient (Wildman–Crippen LogP) is 2.98. The minimum Gasteiger partial charge on any atom is -0.490 e. The van der Waals surface area contributed by atoms with E-state index in [0.717, 1.165) is 18.0 Å². The molecule has 0 aromatic heterocycles. The van der Waals surface area contributed by atoms with E-state index in [9.17, 15) is 10.1 Å². The van der Waals surface area contributed by atoms with Crippen molar-refractivity contribution >= 4 is 11.4 Å². The van der Waals surface area contributed by atoms with Crippen molar-refractivity contribution in [2.45, 2.75) is 18.9 Å². The Kier molecular flexibility index (Phi) is 2.89. The van der Waals surface area contributed by atoms with E-state index in [4.69, 9.17) is 4.74 Å². The summed E-state index contributed by atoms with van der Waals surface area (Å²) in [6.45, 7) is 0. The highest BCUT2D eigenvalue weighted by Gasteiger charge is 2.41. The zero-order valence-electron chi connectivity index (χ0n) is 10.7. The number of nitro groups is 1. The van der Waals surface area contributed by atoms with Gasteiger partial charge in [0.05, 0.1) is 12.0 Å². The summed E-state index contributed by atoms with van der Waals surface area (Å²) in [5.41, 5.74) is 0.793. The molecular formula is C14H16N2O3. The van der Waals surface area contributed by atoms with Crippen molar-refractivity contribution in [1.29, 1.82) is 0 Å². The molecule has 0 amide bonds. The monoisotopic (exact) mass is 260 g/mol. The molecule has 1 N–H and O–H groups in total. The minimum atomic E-state index is -0.414. The third-order valence-electron chi connectivity index (χ3n) is 4.09. The number of allylic oxidation sites excluding steroid dienone is 1. The molecule has 1 saturated carbocycles. The first-order valence-electron chi connectivity index (χ1n) is 6.44. The van der Waals surface area contributed by atoms with Crippen molar-refractivity contribution in [3.05, 3.63) is 40.5 Å². The fourth-order valence-electron chi connectivity index (χ4n) is 3.02. The molecule has 0 spiro atoms. The zero-order chi connectivity index (χ0) is 13.4. The molecule has 1 aromatic rings. The maximum atomic E-state index is 11.0. The van der Waals surface area contributed by atoms with E-state index in [1.54, 1.807) is 12.1 Å². The molecular weight excluding hydrogens is 244 g/mol. The van der Waals surface area contributed by atoms with E-state index in [1.165, 1.54) is 13.5 Å². The van der Waals surface area contributed by atoms with Crippen molar-refractivity contribution in [3.63, 3.8) is 0 Å². The summed E-state index contributed by atoms with van der Waals surface area (Å²) in [4.78, 5) is 10.6. The molecule has 100 valence electrons. The summed E-state index contributed by atoms with van der Waals surface area (Å²) < 4.78 is 5.00. The number of nitrogens with one attached hydrogen (secondary N) is 1. The number of hydrogen-bond donors (Lipinski definition) is 1. The van der Waals surface area contributed by atoms with Gasteiger partial charge in [-0.1, -0.05) is 12.2 Å². The van der Waals surface area contributed by atoms with Crippen molar-refractivity contribution < 1.29 is 9.66 Å². The molecule has 0 saturated heterocycles. The van der Waals surface area contributed by atoms with E-state index in [0.29, 0.717) is 17.7 Å². The van der Waals surface area contributed by atoms with Gasteiger partial charge >= 0.3 is 5.69 Å². The number of fused-ring (bicyclic) bond motifs is 1. The van der Waals surface area contributed by atoms with Gasteiger partial charge in [0.15, 0.2) is 5.75 Å². The van der Waals surface area contributed by atoms with E-state index in [2.05, 4.69) is 17.5 Å². The van der Waals surface area contributed by atoms with Gasteiger partial charge in [0.2, 0.25) is 0 Å². The van der Waals surface area contributed by atoms with Crippen molar-refractivity contribution in [2.75, 3.05) is 12.4 Å². The molecule has 5 nitrogen and oxygen atoms in total. The van der Waals surface area contributed by atoms with E-state index in [1.807, 2.05) is 6.07 Å². The third-order valence-corrected chi connectivity index (χ3v) is 4.09. The SMILES string of the molecule is COc1ccc(NC2CC3CC=CC32)cc1[N+](=O)[O-]. The second kappa shape index (κ2) is 4.57. The van der Waals surface area contributed by atoms with Crippen LogP contribution >= 0.6 is 0 Å². The van der Waals surface area contributed by atoms with Crippen LogP contribution in [-0.2, 0) is 0 Å². The van der Waals surface area contributed by atoms with Crippen LogP contribution in [0, 0.1) is 22.0 Å². The standard InChI is InChI=1S/C14H16N2O3/c1-19-14-6-5-10(8-13(14)16(17)18)15-12-7-9-3-2-4-11(9)12/h2,4-6,8-9,11-12,15H,3,7H2,1H3. The molecule has 0 radical (unpaired) electrons. The van der Waals surface area contributed by atoms with Gasteiger partial charge in [-0.05, 0) is 30.9 Å². The molecule has 2 aliphatic carbocycles. The van der Waals surface area contributed by atoms with Gasteiger partial charge in [-0.3, -0.25) is 10.1 Å². The lowest BCUT2D eigenvalue weighted by atomic mass is 9.71. The normalized spacial score (nSPS) is 27.5. The number of methoxy groups -OCH3 is 1. The van der Waals surface area contributed by atoms with E-state index in [-0.39, 0.29) is 5.69 Å².